The van der Waals surface area contributed by atoms with Crippen molar-refractivity contribution in [1.82, 2.24) is 10.2 Å². The average molecular weight is 362 g/mol. The molecule has 2 heterocycles. The maximum Gasteiger partial charge on any atom is 0.411 e. The Hall–Kier alpha value is -2.12. The minimum absolute atomic E-state index is 0.0829. The van der Waals surface area contributed by atoms with Crippen LogP contribution in [0.15, 0.2) is 30.3 Å². The molecule has 7 heteroatoms. The summed E-state index contributed by atoms with van der Waals surface area (Å²) in [4.78, 5) is 27.5. The molecule has 0 aliphatic carbocycles. The Morgan fingerprint density at radius 2 is 1.81 bits per heavy atom. The highest BCUT2D eigenvalue weighted by molar-refractivity contribution is 5.92. The lowest BCUT2D eigenvalue weighted by atomic mass is 9.91. The van der Waals surface area contributed by atoms with E-state index in [0.717, 1.165) is 5.56 Å². The van der Waals surface area contributed by atoms with Crippen molar-refractivity contribution in [1.29, 1.82) is 0 Å². The molecule has 2 aliphatic rings. The largest absolute Gasteiger partial charge is 0.444 e. The lowest BCUT2D eigenvalue weighted by Crippen LogP contribution is -2.71. The van der Waals surface area contributed by atoms with Gasteiger partial charge in [-0.2, -0.15) is 0 Å². The van der Waals surface area contributed by atoms with Crippen molar-refractivity contribution in [2.75, 3.05) is 33.0 Å². The Balaban J connectivity index is 1.93. The van der Waals surface area contributed by atoms with Crippen molar-refractivity contribution in [3.8, 4) is 0 Å². The van der Waals surface area contributed by atoms with Crippen LogP contribution < -0.4 is 5.32 Å². The Bertz CT molecular complexity index is 648. The van der Waals surface area contributed by atoms with Crippen LogP contribution >= 0.6 is 0 Å². The molecule has 1 unspecified atom stereocenters. The van der Waals surface area contributed by atoms with Crippen molar-refractivity contribution in [3.05, 3.63) is 35.9 Å². The van der Waals surface area contributed by atoms with Gasteiger partial charge in [0.25, 0.3) is 5.91 Å². The second-order valence-electron chi connectivity index (χ2n) is 7.66. The molecule has 0 bridgehead atoms. The van der Waals surface area contributed by atoms with Crippen molar-refractivity contribution in [2.45, 2.75) is 38.0 Å². The first-order valence-electron chi connectivity index (χ1n) is 8.84. The van der Waals surface area contributed by atoms with Crippen LogP contribution in [0.1, 0.15) is 32.4 Å². The average Bonchev–Trinajstić information content (AvgIpc) is 2.83. The highest BCUT2D eigenvalue weighted by Gasteiger charge is 2.53. The fraction of sp³-hybridized carbons (Fsp3) is 0.579. The van der Waals surface area contributed by atoms with Gasteiger partial charge in [0.2, 0.25) is 0 Å². The van der Waals surface area contributed by atoms with Gasteiger partial charge >= 0.3 is 6.09 Å². The number of piperazine rings is 1. The van der Waals surface area contributed by atoms with Crippen molar-refractivity contribution in [2.24, 2.45) is 0 Å². The number of ether oxygens (including phenoxy) is 3. The fourth-order valence-corrected chi connectivity index (χ4v) is 3.19. The number of carbonyl (C=O) groups excluding carboxylic acids is 2. The molecule has 142 valence electrons. The van der Waals surface area contributed by atoms with E-state index < -0.39 is 17.2 Å². The third-order valence-corrected chi connectivity index (χ3v) is 4.48. The molecule has 1 aromatic carbocycles. The smallest absolute Gasteiger partial charge is 0.411 e. The van der Waals surface area contributed by atoms with Gasteiger partial charge in [0.15, 0.2) is 5.54 Å². The summed E-state index contributed by atoms with van der Waals surface area (Å²) in [6.45, 7) is 6.64. The number of amides is 2. The molecule has 3 rings (SSSR count). The SMILES string of the molecule is CC(C)(C)OC(=O)N1CC(c2ccccc2)NC(=O)C12COCCOC2. The van der Waals surface area contributed by atoms with Crippen LogP contribution in [0.2, 0.25) is 0 Å². The van der Waals surface area contributed by atoms with Crippen LogP contribution in [-0.2, 0) is 19.0 Å². The van der Waals surface area contributed by atoms with E-state index in [4.69, 9.17) is 14.2 Å². The molecule has 0 saturated carbocycles. The minimum atomic E-state index is -1.22. The number of benzene rings is 1. The molecule has 0 aromatic heterocycles. The fourth-order valence-electron chi connectivity index (χ4n) is 3.19. The topological polar surface area (TPSA) is 77.1 Å². The van der Waals surface area contributed by atoms with E-state index in [1.54, 1.807) is 20.8 Å². The highest BCUT2D eigenvalue weighted by Crippen LogP contribution is 2.31. The first kappa shape index (κ1) is 18.7. The predicted molar refractivity (Wildman–Crippen MR) is 94.6 cm³/mol. The standard InChI is InChI=1S/C19H26N2O5/c1-18(2,3)26-17(23)21-11-15(14-7-5-4-6-8-14)20-16(22)19(21)12-24-9-10-25-13-19/h4-8,15H,9-13H2,1-3H3,(H,20,22). The number of carbonyl (C=O) groups is 2. The number of rotatable bonds is 1. The lowest BCUT2D eigenvalue weighted by molar-refractivity contribution is -0.146. The van der Waals surface area contributed by atoms with E-state index in [-0.39, 0.29) is 31.7 Å². The summed E-state index contributed by atoms with van der Waals surface area (Å²) in [6.07, 6.45) is -0.539. The summed E-state index contributed by atoms with van der Waals surface area (Å²) in [5.41, 5.74) is -0.954. The number of hydrogen-bond acceptors (Lipinski definition) is 5. The van der Waals surface area contributed by atoms with Gasteiger partial charge in [-0.25, -0.2) is 4.79 Å². The van der Waals surface area contributed by atoms with Gasteiger partial charge in [-0.05, 0) is 26.3 Å². The van der Waals surface area contributed by atoms with Crippen molar-refractivity contribution in [3.63, 3.8) is 0 Å². The Morgan fingerprint density at radius 3 is 2.38 bits per heavy atom. The van der Waals surface area contributed by atoms with E-state index in [2.05, 4.69) is 5.32 Å². The molecular weight excluding hydrogens is 336 g/mol. The summed E-state index contributed by atoms with van der Waals surface area (Å²) in [5, 5.41) is 3.02. The summed E-state index contributed by atoms with van der Waals surface area (Å²) in [5.74, 6) is -0.287. The highest BCUT2D eigenvalue weighted by atomic mass is 16.6. The third kappa shape index (κ3) is 3.83. The van der Waals surface area contributed by atoms with Crippen LogP contribution in [0.25, 0.3) is 0 Å². The molecule has 26 heavy (non-hydrogen) atoms. The molecule has 2 saturated heterocycles. The van der Waals surface area contributed by atoms with E-state index in [1.165, 1.54) is 4.90 Å². The van der Waals surface area contributed by atoms with Gasteiger partial charge in [-0.1, -0.05) is 30.3 Å². The molecule has 2 fully saturated rings. The first-order chi connectivity index (χ1) is 12.3. The molecule has 1 atom stereocenters. The zero-order chi connectivity index (χ0) is 18.8. The van der Waals surface area contributed by atoms with Crippen LogP contribution in [0, 0.1) is 0 Å². The molecule has 1 aromatic rings. The molecular formula is C19H26N2O5. The monoisotopic (exact) mass is 362 g/mol. The maximum absolute atomic E-state index is 13.1. The van der Waals surface area contributed by atoms with E-state index in [1.807, 2.05) is 30.3 Å². The summed E-state index contributed by atoms with van der Waals surface area (Å²) in [6, 6.07) is 9.26. The van der Waals surface area contributed by atoms with Gasteiger partial charge in [0.05, 0.1) is 32.5 Å². The van der Waals surface area contributed by atoms with Gasteiger partial charge in [-0.3, -0.25) is 9.69 Å². The van der Waals surface area contributed by atoms with Crippen LogP contribution in [0.5, 0.6) is 0 Å². The van der Waals surface area contributed by atoms with Gasteiger partial charge in [-0.15, -0.1) is 0 Å². The predicted octanol–water partition coefficient (Wildman–Crippen LogP) is 1.88. The Labute approximate surface area is 153 Å². The second kappa shape index (κ2) is 7.25. The van der Waals surface area contributed by atoms with Crippen LogP contribution in [0.4, 0.5) is 4.79 Å². The second-order valence-corrected chi connectivity index (χ2v) is 7.66. The number of nitrogens with one attached hydrogen (secondary N) is 1. The third-order valence-electron chi connectivity index (χ3n) is 4.48. The lowest BCUT2D eigenvalue weighted by Gasteiger charge is -2.47. The maximum atomic E-state index is 13.1. The molecule has 1 spiro atoms. The quantitative estimate of drug-likeness (QED) is 0.825. The zero-order valence-electron chi connectivity index (χ0n) is 15.5. The number of nitrogens with zero attached hydrogens (tertiary/aromatic N) is 1. The first-order valence-corrected chi connectivity index (χ1v) is 8.84. The molecule has 1 N–H and O–H groups in total. The van der Waals surface area contributed by atoms with Crippen LogP contribution in [0.3, 0.4) is 0 Å². The van der Waals surface area contributed by atoms with Crippen molar-refractivity contribution >= 4 is 12.0 Å². The molecule has 2 amide bonds. The Morgan fingerprint density at radius 1 is 1.19 bits per heavy atom. The summed E-state index contributed by atoms with van der Waals surface area (Å²) in [7, 11) is 0. The summed E-state index contributed by atoms with van der Waals surface area (Å²) < 4.78 is 16.7. The van der Waals surface area contributed by atoms with Gasteiger partial charge in [0, 0.05) is 6.54 Å². The molecule has 0 radical (unpaired) electrons. The van der Waals surface area contributed by atoms with E-state index >= 15 is 0 Å². The van der Waals surface area contributed by atoms with E-state index in [9.17, 15) is 9.59 Å². The normalized spacial score (nSPS) is 23.3. The zero-order valence-corrected chi connectivity index (χ0v) is 15.5. The van der Waals surface area contributed by atoms with Crippen LogP contribution in [-0.4, -0.2) is 61.0 Å². The number of hydrogen-bond donors (Lipinski definition) is 1. The van der Waals surface area contributed by atoms with Gasteiger partial charge < -0.3 is 19.5 Å². The Kier molecular flexibility index (Phi) is 5.20. The van der Waals surface area contributed by atoms with E-state index in [0.29, 0.717) is 13.2 Å². The summed E-state index contributed by atoms with van der Waals surface area (Å²) >= 11 is 0. The van der Waals surface area contributed by atoms with Gasteiger partial charge in [0.1, 0.15) is 5.60 Å². The van der Waals surface area contributed by atoms with Crippen molar-refractivity contribution < 1.29 is 23.8 Å². The molecule has 7 nitrogen and oxygen atoms in total. The molecule has 2 aliphatic heterocycles. The minimum Gasteiger partial charge on any atom is -0.444 e.